The quantitative estimate of drug-likeness (QED) is 0.652. The molecule has 0 saturated carbocycles. The molecule has 0 spiro atoms. The molecule has 0 aliphatic carbocycles. The molecule has 0 fully saturated rings. The van der Waals surface area contributed by atoms with E-state index in [0.29, 0.717) is 30.7 Å². The van der Waals surface area contributed by atoms with Gasteiger partial charge in [-0.05, 0) is 49.1 Å². The molecular formula is C22H28N4O2. The van der Waals surface area contributed by atoms with Crippen molar-refractivity contribution in [2.75, 3.05) is 18.0 Å². The lowest BCUT2D eigenvalue weighted by Crippen LogP contribution is -2.30. The number of nitrogens with one attached hydrogen (secondary N) is 2. The van der Waals surface area contributed by atoms with Crippen LogP contribution in [0.25, 0.3) is 0 Å². The summed E-state index contributed by atoms with van der Waals surface area (Å²) >= 11 is 0. The first kappa shape index (κ1) is 21.3. The van der Waals surface area contributed by atoms with Gasteiger partial charge < -0.3 is 15.6 Å². The van der Waals surface area contributed by atoms with Crippen LogP contribution in [0.2, 0.25) is 0 Å². The summed E-state index contributed by atoms with van der Waals surface area (Å²) in [5.41, 5.74) is 3.81. The molecular weight excluding hydrogens is 352 g/mol. The summed E-state index contributed by atoms with van der Waals surface area (Å²) in [5.74, 6) is -0.109. The number of hydrogen-bond acceptors (Lipinski definition) is 4. The molecule has 1 aromatic heterocycles. The Morgan fingerprint density at radius 1 is 1.11 bits per heavy atom. The average Bonchev–Trinajstić information content (AvgIpc) is 2.70. The first-order chi connectivity index (χ1) is 13.4. The van der Waals surface area contributed by atoms with Crippen LogP contribution < -0.4 is 10.2 Å². The standard InChI is InChI=1S/C22H28N4O2/c1-4-10-26(21(27)5-2)20-8-6-17(7-9-20)11-18-12-19(15-24-14-18)22(28)25-13-16(3)23/h6-9,12,14-15,23H,4-5,10-11,13H2,1-3H3,(H,25,28). The fourth-order valence-corrected chi connectivity index (χ4v) is 2.87. The molecule has 6 nitrogen and oxygen atoms in total. The second kappa shape index (κ2) is 10.3. The van der Waals surface area contributed by atoms with Crippen LogP contribution in [0, 0.1) is 5.41 Å². The zero-order valence-corrected chi connectivity index (χ0v) is 16.8. The molecule has 0 radical (unpaired) electrons. The van der Waals surface area contributed by atoms with Crippen molar-refractivity contribution >= 4 is 23.2 Å². The van der Waals surface area contributed by atoms with E-state index in [9.17, 15) is 9.59 Å². The summed E-state index contributed by atoms with van der Waals surface area (Å²) in [5, 5.41) is 10.1. The summed E-state index contributed by atoms with van der Waals surface area (Å²) in [4.78, 5) is 30.3. The van der Waals surface area contributed by atoms with Gasteiger partial charge in [-0.3, -0.25) is 14.6 Å². The van der Waals surface area contributed by atoms with Crippen LogP contribution in [0.1, 0.15) is 55.1 Å². The van der Waals surface area contributed by atoms with E-state index < -0.39 is 0 Å². The summed E-state index contributed by atoms with van der Waals surface area (Å²) < 4.78 is 0. The predicted molar refractivity (Wildman–Crippen MR) is 112 cm³/mol. The lowest BCUT2D eigenvalue weighted by atomic mass is 10.0. The second-order valence-electron chi connectivity index (χ2n) is 6.79. The third kappa shape index (κ3) is 6.01. The molecule has 0 aliphatic heterocycles. The van der Waals surface area contributed by atoms with Gasteiger partial charge in [-0.25, -0.2) is 0 Å². The van der Waals surface area contributed by atoms with Gasteiger partial charge in [0, 0.05) is 36.8 Å². The molecule has 2 amide bonds. The number of carbonyl (C=O) groups excluding carboxylic acids is 2. The van der Waals surface area contributed by atoms with Gasteiger partial charge in [0.15, 0.2) is 0 Å². The SMILES string of the molecule is CCCN(C(=O)CC)c1ccc(Cc2cncc(C(=O)NCC(C)=N)c2)cc1. The van der Waals surface area contributed by atoms with Crippen LogP contribution in [0.15, 0.2) is 42.7 Å². The van der Waals surface area contributed by atoms with Gasteiger partial charge in [0.2, 0.25) is 5.91 Å². The Morgan fingerprint density at radius 3 is 2.43 bits per heavy atom. The minimum Gasteiger partial charge on any atom is -0.347 e. The van der Waals surface area contributed by atoms with Gasteiger partial charge >= 0.3 is 0 Å². The molecule has 0 unspecified atom stereocenters. The van der Waals surface area contributed by atoms with Crippen molar-refractivity contribution in [1.29, 1.82) is 5.41 Å². The topological polar surface area (TPSA) is 86.2 Å². The van der Waals surface area contributed by atoms with E-state index in [1.165, 1.54) is 6.20 Å². The molecule has 28 heavy (non-hydrogen) atoms. The van der Waals surface area contributed by atoms with E-state index >= 15 is 0 Å². The molecule has 1 aromatic carbocycles. The fourth-order valence-electron chi connectivity index (χ4n) is 2.87. The highest BCUT2D eigenvalue weighted by Gasteiger charge is 2.13. The molecule has 1 heterocycles. The van der Waals surface area contributed by atoms with Crippen molar-refractivity contribution in [3.8, 4) is 0 Å². The van der Waals surface area contributed by atoms with E-state index in [-0.39, 0.29) is 18.4 Å². The van der Waals surface area contributed by atoms with Crippen molar-refractivity contribution in [2.45, 2.75) is 40.0 Å². The van der Waals surface area contributed by atoms with E-state index in [1.54, 1.807) is 13.1 Å². The zero-order valence-electron chi connectivity index (χ0n) is 16.8. The Balaban J connectivity index is 2.09. The monoisotopic (exact) mass is 380 g/mol. The van der Waals surface area contributed by atoms with Crippen LogP contribution in [0.3, 0.4) is 0 Å². The van der Waals surface area contributed by atoms with Crippen LogP contribution in [0.4, 0.5) is 5.69 Å². The highest BCUT2D eigenvalue weighted by molar-refractivity contribution is 5.96. The lowest BCUT2D eigenvalue weighted by molar-refractivity contribution is -0.118. The van der Waals surface area contributed by atoms with Gasteiger partial charge in [-0.15, -0.1) is 0 Å². The van der Waals surface area contributed by atoms with Crippen molar-refractivity contribution in [3.05, 3.63) is 59.4 Å². The smallest absolute Gasteiger partial charge is 0.253 e. The molecule has 0 saturated heterocycles. The molecule has 0 bridgehead atoms. The third-order valence-electron chi connectivity index (χ3n) is 4.28. The van der Waals surface area contributed by atoms with E-state index in [2.05, 4.69) is 17.2 Å². The number of carbonyl (C=O) groups is 2. The molecule has 2 aromatic rings. The lowest BCUT2D eigenvalue weighted by Gasteiger charge is -2.22. The number of aromatic nitrogens is 1. The Kier molecular flexibility index (Phi) is 7.87. The number of benzene rings is 1. The number of rotatable bonds is 9. The van der Waals surface area contributed by atoms with Crippen LogP contribution >= 0.6 is 0 Å². The van der Waals surface area contributed by atoms with Crippen LogP contribution in [0.5, 0.6) is 0 Å². The molecule has 0 atom stereocenters. The maximum Gasteiger partial charge on any atom is 0.253 e. The van der Waals surface area contributed by atoms with Crippen molar-refractivity contribution in [2.24, 2.45) is 0 Å². The first-order valence-corrected chi connectivity index (χ1v) is 9.60. The Hall–Kier alpha value is -3.02. The maximum absolute atomic E-state index is 12.1. The number of hydrogen-bond donors (Lipinski definition) is 2. The molecule has 6 heteroatoms. The second-order valence-corrected chi connectivity index (χ2v) is 6.79. The maximum atomic E-state index is 12.1. The van der Waals surface area contributed by atoms with Gasteiger partial charge in [-0.2, -0.15) is 0 Å². The average molecular weight is 380 g/mol. The minimum atomic E-state index is -0.232. The van der Waals surface area contributed by atoms with Crippen molar-refractivity contribution in [1.82, 2.24) is 10.3 Å². The Labute approximate surface area is 166 Å². The Bertz CT molecular complexity index is 831. The highest BCUT2D eigenvalue weighted by atomic mass is 16.2. The van der Waals surface area contributed by atoms with Crippen LogP contribution in [-0.2, 0) is 11.2 Å². The number of anilines is 1. The third-order valence-corrected chi connectivity index (χ3v) is 4.28. The van der Waals surface area contributed by atoms with Gasteiger partial charge in [0.05, 0.1) is 12.1 Å². The summed E-state index contributed by atoms with van der Waals surface area (Å²) in [6.07, 6.45) is 5.32. The number of pyridine rings is 1. The summed E-state index contributed by atoms with van der Waals surface area (Å²) in [7, 11) is 0. The fraction of sp³-hybridized carbons (Fsp3) is 0.364. The zero-order chi connectivity index (χ0) is 20.5. The molecule has 2 N–H and O–H groups in total. The normalized spacial score (nSPS) is 10.4. The van der Waals surface area contributed by atoms with E-state index in [4.69, 9.17) is 5.41 Å². The predicted octanol–water partition coefficient (Wildman–Crippen LogP) is 3.59. The highest BCUT2D eigenvalue weighted by Crippen LogP contribution is 2.19. The molecule has 148 valence electrons. The largest absolute Gasteiger partial charge is 0.347 e. The summed E-state index contributed by atoms with van der Waals surface area (Å²) in [6.45, 7) is 6.52. The van der Waals surface area contributed by atoms with Gasteiger partial charge in [0.1, 0.15) is 0 Å². The van der Waals surface area contributed by atoms with E-state index in [1.807, 2.05) is 42.2 Å². The van der Waals surface area contributed by atoms with Crippen molar-refractivity contribution in [3.63, 3.8) is 0 Å². The Morgan fingerprint density at radius 2 is 1.82 bits per heavy atom. The van der Waals surface area contributed by atoms with Gasteiger partial charge in [-0.1, -0.05) is 26.0 Å². The van der Waals surface area contributed by atoms with E-state index in [0.717, 1.165) is 23.2 Å². The molecule has 0 aliphatic rings. The minimum absolute atomic E-state index is 0.123. The van der Waals surface area contributed by atoms with Gasteiger partial charge in [0.25, 0.3) is 5.91 Å². The number of amides is 2. The number of nitrogens with zero attached hydrogens (tertiary/aromatic N) is 2. The molecule has 2 rings (SSSR count). The van der Waals surface area contributed by atoms with Crippen molar-refractivity contribution < 1.29 is 9.59 Å². The van der Waals surface area contributed by atoms with Crippen LogP contribution in [-0.4, -0.2) is 35.6 Å². The summed E-state index contributed by atoms with van der Waals surface area (Å²) in [6, 6.07) is 9.77. The first-order valence-electron chi connectivity index (χ1n) is 9.60.